The Balaban J connectivity index is 1.69. The van der Waals surface area contributed by atoms with E-state index >= 15 is 0 Å². The van der Waals surface area contributed by atoms with Gasteiger partial charge in [-0.05, 0) is 31.6 Å². The number of likely N-dealkylation sites (tertiary alicyclic amines) is 1. The zero-order chi connectivity index (χ0) is 15.1. The highest BCUT2D eigenvalue weighted by Crippen LogP contribution is 2.21. The molecule has 0 aromatic rings. The second-order valence-corrected chi connectivity index (χ2v) is 5.82. The van der Waals surface area contributed by atoms with E-state index in [0.717, 1.165) is 38.9 Å². The summed E-state index contributed by atoms with van der Waals surface area (Å²) in [5.41, 5.74) is 0. The minimum atomic E-state index is -0.218. The van der Waals surface area contributed by atoms with Crippen molar-refractivity contribution in [3.8, 4) is 6.07 Å². The molecule has 116 valence electrons. The first kappa shape index (κ1) is 15.8. The molecule has 1 N–H and O–H groups in total. The van der Waals surface area contributed by atoms with Gasteiger partial charge in [0.1, 0.15) is 6.42 Å². The number of nitrogens with zero attached hydrogens (tertiary/aromatic N) is 2. The van der Waals surface area contributed by atoms with Crippen LogP contribution in [0.4, 0.5) is 0 Å². The summed E-state index contributed by atoms with van der Waals surface area (Å²) in [6.45, 7) is 2.93. The number of carbonyl (C=O) groups is 2. The minimum Gasteiger partial charge on any atom is -0.381 e. The van der Waals surface area contributed by atoms with Crippen LogP contribution in [0.5, 0.6) is 0 Å². The average Bonchev–Trinajstić information content (AvgIpc) is 2.49. The maximum Gasteiger partial charge on any atom is 0.234 e. The highest BCUT2D eigenvalue weighted by atomic mass is 16.5. The Kier molecular flexibility index (Phi) is 6.00. The predicted octanol–water partition coefficient (Wildman–Crippen LogP) is 0.824. The van der Waals surface area contributed by atoms with Crippen molar-refractivity contribution < 1.29 is 14.3 Å². The van der Waals surface area contributed by atoms with E-state index in [9.17, 15) is 9.59 Å². The SMILES string of the molecule is N#CCC(=O)NC1CCN(C(=O)CC2CCOCC2)CC1. The van der Waals surface area contributed by atoms with Crippen molar-refractivity contribution in [2.24, 2.45) is 5.92 Å². The average molecular weight is 293 g/mol. The maximum absolute atomic E-state index is 12.3. The molecule has 2 rings (SSSR count). The van der Waals surface area contributed by atoms with Gasteiger partial charge in [0.05, 0.1) is 6.07 Å². The lowest BCUT2D eigenvalue weighted by Crippen LogP contribution is -2.46. The van der Waals surface area contributed by atoms with Gasteiger partial charge in [0.15, 0.2) is 0 Å². The zero-order valence-electron chi connectivity index (χ0n) is 12.3. The molecule has 2 amide bonds. The summed E-state index contributed by atoms with van der Waals surface area (Å²) in [7, 11) is 0. The predicted molar refractivity (Wildman–Crippen MR) is 76.1 cm³/mol. The van der Waals surface area contributed by atoms with E-state index in [0.29, 0.717) is 25.4 Å². The molecule has 2 aliphatic rings. The van der Waals surface area contributed by atoms with E-state index in [1.165, 1.54) is 0 Å². The fraction of sp³-hybridized carbons (Fsp3) is 0.800. The van der Waals surface area contributed by atoms with Gasteiger partial charge in [-0.3, -0.25) is 9.59 Å². The highest BCUT2D eigenvalue weighted by molar-refractivity contribution is 5.78. The normalized spacial score (nSPS) is 20.8. The van der Waals surface area contributed by atoms with Crippen LogP contribution in [0.2, 0.25) is 0 Å². The Morgan fingerprint density at radius 2 is 1.86 bits per heavy atom. The summed E-state index contributed by atoms with van der Waals surface area (Å²) in [6, 6.07) is 1.94. The molecular weight excluding hydrogens is 270 g/mol. The molecule has 0 aromatic heterocycles. The molecule has 0 atom stereocenters. The van der Waals surface area contributed by atoms with Crippen molar-refractivity contribution in [3.63, 3.8) is 0 Å². The van der Waals surface area contributed by atoms with Crippen LogP contribution < -0.4 is 5.32 Å². The van der Waals surface area contributed by atoms with Crippen LogP contribution in [0.3, 0.4) is 0 Å². The molecule has 6 nitrogen and oxygen atoms in total. The fourth-order valence-corrected chi connectivity index (χ4v) is 2.95. The summed E-state index contributed by atoms with van der Waals surface area (Å²) >= 11 is 0. The first-order valence-electron chi connectivity index (χ1n) is 7.71. The molecule has 0 aromatic carbocycles. The Hall–Kier alpha value is -1.61. The number of piperidine rings is 1. The molecule has 0 aliphatic carbocycles. The molecule has 21 heavy (non-hydrogen) atoms. The van der Waals surface area contributed by atoms with Gasteiger partial charge in [0.25, 0.3) is 0 Å². The topological polar surface area (TPSA) is 82.4 Å². The molecule has 2 saturated heterocycles. The molecule has 0 spiro atoms. The van der Waals surface area contributed by atoms with Gasteiger partial charge in [-0.1, -0.05) is 0 Å². The van der Waals surface area contributed by atoms with Gasteiger partial charge in [-0.25, -0.2) is 0 Å². The Morgan fingerprint density at radius 1 is 1.19 bits per heavy atom. The number of hydrogen-bond donors (Lipinski definition) is 1. The fourth-order valence-electron chi connectivity index (χ4n) is 2.95. The number of nitrogens with one attached hydrogen (secondary N) is 1. The lowest BCUT2D eigenvalue weighted by Gasteiger charge is -2.33. The Bertz CT molecular complexity index is 405. The van der Waals surface area contributed by atoms with Crippen molar-refractivity contribution in [2.45, 2.75) is 44.6 Å². The number of hydrogen-bond acceptors (Lipinski definition) is 4. The first-order chi connectivity index (χ1) is 10.2. The molecule has 0 bridgehead atoms. The monoisotopic (exact) mass is 293 g/mol. The standard InChI is InChI=1S/C15H23N3O3/c16-6-1-14(19)17-13-2-7-18(8-3-13)15(20)11-12-4-9-21-10-5-12/h12-13H,1-5,7-11H2,(H,17,19). The Labute approximate surface area is 125 Å². The highest BCUT2D eigenvalue weighted by Gasteiger charge is 2.26. The number of carbonyl (C=O) groups excluding carboxylic acids is 2. The lowest BCUT2D eigenvalue weighted by atomic mass is 9.95. The second kappa shape index (κ2) is 7.99. The third-order valence-electron chi connectivity index (χ3n) is 4.26. The summed E-state index contributed by atoms with van der Waals surface area (Å²) < 4.78 is 5.31. The van der Waals surface area contributed by atoms with Gasteiger partial charge in [0, 0.05) is 38.8 Å². The third kappa shape index (κ3) is 5.01. The summed E-state index contributed by atoms with van der Waals surface area (Å²) in [5.74, 6) is 0.465. The van der Waals surface area contributed by atoms with Crippen molar-refractivity contribution in [1.29, 1.82) is 5.26 Å². The minimum absolute atomic E-state index is 0.0943. The van der Waals surface area contributed by atoms with Gasteiger partial charge in [0.2, 0.25) is 11.8 Å². The van der Waals surface area contributed by atoms with Crippen LogP contribution >= 0.6 is 0 Å². The van der Waals surface area contributed by atoms with Gasteiger partial charge in [-0.15, -0.1) is 0 Å². The summed E-state index contributed by atoms with van der Waals surface area (Å²) in [6.07, 6.45) is 4.03. The quantitative estimate of drug-likeness (QED) is 0.832. The summed E-state index contributed by atoms with van der Waals surface area (Å²) in [4.78, 5) is 25.5. The van der Waals surface area contributed by atoms with Crippen molar-refractivity contribution >= 4 is 11.8 Å². The van der Waals surface area contributed by atoms with Crippen LogP contribution in [0.25, 0.3) is 0 Å². The van der Waals surface area contributed by atoms with Gasteiger partial charge in [-0.2, -0.15) is 5.26 Å². The smallest absolute Gasteiger partial charge is 0.234 e. The van der Waals surface area contributed by atoms with Crippen LogP contribution in [-0.4, -0.2) is 49.1 Å². The molecule has 2 aliphatic heterocycles. The van der Waals surface area contributed by atoms with Crippen molar-refractivity contribution in [1.82, 2.24) is 10.2 Å². The largest absolute Gasteiger partial charge is 0.381 e. The van der Waals surface area contributed by atoms with E-state index in [1.807, 2.05) is 11.0 Å². The zero-order valence-corrected chi connectivity index (χ0v) is 12.3. The van der Waals surface area contributed by atoms with E-state index < -0.39 is 0 Å². The number of rotatable bonds is 4. The van der Waals surface area contributed by atoms with E-state index in [-0.39, 0.29) is 24.3 Å². The van der Waals surface area contributed by atoms with E-state index in [4.69, 9.17) is 10.00 Å². The molecule has 0 saturated carbocycles. The number of nitriles is 1. The van der Waals surface area contributed by atoms with Gasteiger partial charge < -0.3 is 15.0 Å². The van der Waals surface area contributed by atoms with Gasteiger partial charge >= 0.3 is 0 Å². The van der Waals surface area contributed by atoms with Crippen LogP contribution in [0.1, 0.15) is 38.5 Å². The van der Waals surface area contributed by atoms with Crippen LogP contribution in [-0.2, 0) is 14.3 Å². The molecular formula is C15H23N3O3. The number of ether oxygens (including phenoxy) is 1. The second-order valence-electron chi connectivity index (χ2n) is 5.82. The molecule has 0 radical (unpaired) electrons. The van der Waals surface area contributed by atoms with Crippen molar-refractivity contribution in [2.75, 3.05) is 26.3 Å². The Morgan fingerprint density at radius 3 is 2.48 bits per heavy atom. The number of amides is 2. The third-order valence-corrected chi connectivity index (χ3v) is 4.26. The molecule has 6 heteroatoms. The maximum atomic E-state index is 12.3. The molecule has 2 heterocycles. The van der Waals surface area contributed by atoms with Crippen LogP contribution in [0.15, 0.2) is 0 Å². The van der Waals surface area contributed by atoms with Crippen LogP contribution in [0, 0.1) is 17.2 Å². The first-order valence-corrected chi connectivity index (χ1v) is 7.71. The molecule has 0 unspecified atom stereocenters. The van der Waals surface area contributed by atoms with E-state index in [2.05, 4.69) is 5.32 Å². The van der Waals surface area contributed by atoms with E-state index in [1.54, 1.807) is 0 Å². The molecule has 2 fully saturated rings. The van der Waals surface area contributed by atoms with Crippen molar-refractivity contribution in [3.05, 3.63) is 0 Å². The summed E-state index contributed by atoms with van der Waals surface area (Å²) in [5, 5.41) is 11.3. The lowest BCUT2D eigenvalue weighted by molar-refractivity contribution is -0.134.